The first-order valence-corrected chi connectivity index (χ1v) is 7.77. The summed E-state index contributed by atoms with van der Waals surface area (Å²) in [6.45, 7) is -0.508. The minimum absolute atomic E-state index is 0.185. The number of aliphatic hydroxyl groups is 6. The Morgan fingerprint density at radius 3 is 2.36 bits per heavy atom. The highest BCUT2D eigenvalue weighted by Crippen LogP contribution is 2.26. The largest absolute Gasteiger partial charge is 0.394 e. The van der Waals surface area contributed by atoms with E-state index in [0.717, 1.165) is 0 Å². The Morgan fingerprint density at radius 2 is 1.84 bits per heavy atom. The predicted molar refractivity (Wildman–Crippen MR) is 81.9 cm³/mol. The first-order chi connectivity index (χ1) is 11.9. The van der Waals surface area contributed by atoms with Crippen LogP contribution in [0.5, 0.6) is 0 Å². The quantitative estimate of drug-likeness (QED) is 0.169. The van der Waals surface area contributed by atoms with Crippen molar-refractivity contribution in [2.75, 3.05) is 26.4 Å². The second-order valence-electron chi connectivity index (χ2n) is 5.53. The fourth-order valence-corrected chi connectivity index (χ4v) is 2.24. The molecule has 0 aromatic heterocycles. The standard InChI is InChI=1S/C15H26O10/c1-3-4-22-15-14(13(21)12(20)10(6-17)24-15)25-11(7-18)23-8(2)9(19)5-16/h1,8-21H,4-7H2,2H3/t8?,9-,10?,11-,12-,13?,14-,15+/m0/s1. The molecule has 6 N–H and O–H groups in total. The van der Waals surface area contributed by atoms with Crippen molar-refractivity contribution in [3.8, 4) is 12.3 Å². The minimum atomic E-state index is -1.52. The van der Waals surface area contributed by atoms with Crippen molar-refractivity contribution in [1.82, 2.24) is 0 Å². The van der Waals surface area contributed by atoms with Crippen LogP contribution in [0, 0.1) is 12.3 Å². The van der Waals surface area contributed by atoms with Crippen molar-refractivity contribution in [1.29, 1.82) is 0 Å². The van der Waals surface area contributed by atoms with E-state index in [1.807, 2.05) is 0 Å². The number of hydrogen-bond acceptors (Lipinski definition) is 10. The van der Waals surface area contributed by atoms with Crippen molar-refractivity contribution < 1.29 is 49.6 Å². The van der Waals surface area contributed by atoms with Gasteiger partial charge in [-0.1, -0.05) is 5.92 Å². The molecule has 10 nitrogen and oxygen atoms in total. The summed E-state index contributed by atoms with van der Waals surface area (Å²) in [7, 11) is 0. The Kier molecular flexibility index (Phi) is 9.77. The Balaban J connectivity index is 2.82. The number of hydrogen-bond donors (Lipinski definition) is 6. The van der Waals surface area contributed by atoms with Crippen LogP contribution in [-0.2, 0) is 18.9 Å². The Morgan fingerprint density at radius 1 is 1.16 bits per heavy atom. The molecule has 0 saturated carbocycles. The summed E-state index contributed by atoms with van der Waals surface area (Å²) in [4.78, 5) is 0. The summed E-state index contributed by atoms with van der Waals surface area (Å²) in [6, 6.07) is 0. The monoisotopic (exact) mass is 366 g/mol. The maximum Gasteiger partial charge on any atom is 0.188 e. The molecule has 1 aliphatic rings. The van der Waals surface area contributed by atoms with Gasteiger partial charge in [0, 0.05) is 0 Å². The van der Waals surface area contributed by atoms with Crippen LogP contribution in [0.4, 0.5) is 0 Å². The van der Waals surface area contributed by atoms with E-state index in [1.54, 1.807) is 0 Å². The van der Waals surface area contributed by atoms with Gasteiger partial charge in [0.1, 0.15) is 37.1 Å². The van der Waals surface area contributed by atoms with Crippen LogP contribution < -0.4 is 0 Å². The van der Waals surface area contributed by atoms with Gasteiger partial charge in [-0.3, -0.25) is 0 Å². The molecule has 146 valence electrons. The van der Waals surface area contributed by atoms with Gasteiger partial charge in [0.15, 0.2) is 12.6 Å². The molecule has 0 aromatic rings. The Bertz CT molecular complexity index is 414. The lowest BCUT2D eigenvalue weighted by molar-refractivity contribution is -0.339. The molecular formula is C15H26O10. The molecule has 0 radical (unpaired) electrons. The number of ether oxygens (including phenoxy) is 4. The lowest BCUT2D eigenvalue weighted by Gasteiger charge is -2.42. The summed E-state index contributed by atoms with van der Waals surface area (Å²) in [5.41, 5.74) is 0. The van der Waals surface area contributed by atoms with E-state index in [1.165, 1.54) is 6.92 Å². The maximum atomic E-state index is 10.2. The van der Waals surface area contributed by atoms with E-state index in [4.69, 9.17) is 30.5 Å². The fraction of sp³-hybridized carbons (Fsp3) is 0.867. The molecule has 10 heteroatoms. The topological polar surface area (TPSA) is 158 Å². The van der Waals surface area contributed by atoms with Crippen molar-refractivity contribution in [3.05, 3.63) is 0 Å². The maximum absolute atomic E-state index is 10.2. The van der Waals surface area contributed by atoms with Crippen LogP contribution in [0.1, 0.15) is 6.92 Å². The minimum Gasteiger partial charge on any atom is -0.394 e. The molecule has 0 aromatic carbocycles. The third-order valence-electron chi connectivity index (χ3n) is 3.71. The molecule has 1 aliphatic heterocycles. The molecule has 0 amide bonds. The van der Waals surface area contributed by atoms with E-state index < -0.39 is 69.0 Å². The Labute approximate surface area is 145 Å². The SMILES string of the molecule is C#CCO[C@@H]1OC(CO)[C@H](O)C(O)[C@@H]1O[C@@H](CO)OC(C)[C@@H](O)CO. The first-order valence-electron chi connectivity index (χ1n) is 7.77. The number of aliphatic hydroxyl groups excluding tert-OH is 6. The average Bonchev–Trinajstić information content (AvgIpc) is 2.62. The molecule has 0 bridgehead atoms. The average molecular weight is 366 g/mol. The van der Waals surface area contributed by atoms with Crippen molar-refractivity contribution in [2.45, 2.75) is 56.1 Å². The highest BCUT2D eigenvalue weighted by molar-refractivity contribution is 4.92. The predicted octanol–water partition coefficient (Wildman–Crippen LogP) is -3.46. The normalized spacial score (nSPS) is 33.4. The van der Waals surface area contributed by atoms with Crippen LogP contribution >= 0.6 is 0 Å². The summed E-state index contributed by atoms with van der Waals surface area (Å²) in [5, 5.41) is 57.2. The van der Waals surface area contributed by atoms with E-state index in [0.29, 0.717) is 0 Å². The summed E-state index contributed by atoms with van der Waals surface area (Å²) >= 11 is 0. The molecule has 0 aliphatic carbocycles. The van der Waals surface area contributed by atoms with Gasteiger partial charge in [-0.2, -0.15) is 0 Å². The van der Waals surface area contributed by atoms with E-state index in [9.17, 15) is 25.5 Å². The zero-order chi connectivity index (χ0) is 19.0. The van der Waals surface area contributed by atoms with E-state index in [2.05, 4.69) is 5.92 Å². The summed E-state index contributed by atoms with van der Waals surface area (Å²) < 4.78 is 21.2. The second-order valence-corrected chi connectivity index (χ2v) is 5.53. The molecule has 1 saturated heterocycles. The van der Waals surface area contributed by atoms with Crippen LogP contribution in [0.15, 0.2) is 0 Å². The molecule has 1 fully saturated rings. The van der Waals surface area contributed by atoms with E-state index >= 15 is 0 Å². The molecule has 8 atom stereocenters. The van der Waals surface area contributed by atoms with Crippen LogP contribution in [-0.4, -0.2) is 106 Å². The van der Waals surface area contributed by atoms with Gasteiger partial charge in [-0.25, -0.2) is 0 Å². The fourth-order valence-electron chi connectivity index (χ4n) is 2.24. The van der Waals surface area contributed by atoms with Crippen molar-refractivity contribution in [2.24, 2.45) is 0 Å². The number of rotatable bonds is 10. The van der Waals surface area contributed by atoms with Gasteiger partial charge in [-0.05, 0) is 6.92 Å². The van der Waals surface area contributed by atoms with Crippen molar-refractivity contribution >= 4 is 0 Å². The number of terminal acetylenes is 1. The third kappa shape index (κ3) is 6.12. The molecule has 1 heterocycles. The first kappa shape index (κ1) is 22.2. The van der Waals surface area contributed by atoms with Crippen molar-refractivity contribution in [3.63, 3.8) is 0 Å². The highest BCUT2D eigenvalue weighted by Gasteiger charge is 2.46. The summed E-state index contributed by atoms with van der Waals surface area (Å²) in [6.07, 6.45) is -4.92. The second kappa shape index (κ2) is 11.0. The molecule has 3 unspecified atom stereocenters. The van der Waals surface area contributed by atoms with Gasteiger partial charge in [0.2, 0.25) is 0 Å². The Hall–Kier alpha value is -0.840. The van der Waals surface area contributed by atoms with Crippen LogP contribution in [0.2, 0.25) is 0 Å². The van der Waals surface area contributed by atoms with Crippen LogP contribution in [0.25, 0.3) is 0 Å². The summed E-state index contributed by atoms with van der Waals surface area (Å²) in [5.74, 6) is 2.21. The van der Waals surface area contributed by atoms with E-state index in [-0.39, 0.29) is 6.61 Å². The molecule has 25 heavy (non-hydrogen) atoms. The highest BCUT2D eigenvalue weighted by atomic mass is 16.7. The van der Waals surface area contributed by atoms with Gasteiger partial charge in [-0.15, -0.1) is 6.42 Å². The van der Waals surface area contributed by atoms with Gasteiger partial charge in [0.05, 0.1) is 25.9 Å². The molecule has 0 spiro atoms. The lowest BCUT2D eigenvalue weighted by Crippen LogP contribution is -2.61. The smallest absolute Gasteiger partial charge is 0.188 e. The van der Waals surface area contributed by atoms with Gasteiger partial charge < -0.3 is 49.6 Å². The third-order valence-corrected chi connectivity index (χ3v) is 3.71. The zero-order valence-electron chi connectivity index (χ0n) is 13.8. The van der Waals surface area contributed by atoms with Gasteiger partial charge >= 0.3 is 0 Å². The van der Waals surface area contributed by atoms with Gasteiger partial charge in [0.25, 0.3) is 0 Å². The molecule has 1 rings (SSSR count). The molecular weight excluding hydrogens is 340 g/mol. The zero-order valence-corrected chi connectivity index (χ0v) is 13.8. The van der Waals surface area contributed by atoms with Crippen LogP contribution in [0.3, 0.4) is 0 Å². The lowest BCUT2D eigenvalue weighted by atomic mass is 9.99.